The maximum Gasteiger partial charge on any atom is 0.397 e. The van der Waals surface area contributed by atoms with Crippen LogP contribution in [0.2, 0.25) is 0 Å². The molecule has 13 nitrogen and oxygen atoms in total. The Balaban J connectivity index is 2.63. The topological polar surface area (TPSA) is 212 Å². The molecule has 0 bridgehead atoms. The van der Waals surface area contributed by atoms with Crippen LogP contribution < -0.4 is 5.32 Å². The largest absolute Gasteiger partial charge is 0.397 e. The van der Waals surface area contributed by atoms with Gasteiger partial charge in [-0.2, -0.15) is 8.42 Å². The molecule has 0 aromatic carbocycles. The van der Waals surface area contributed by atoms with Crippen LogP contribution in [0.25, 0.3) is 0 Å². The first-order valence-electron chi connectivity index (χ1n) is 22.3. The number of rotatable bonds is 37. The molecule has 0 radical (unpaired) electrons. The van der Waals surface area contributed by atoms with E-state index in [1.807, 2.05) is 6.08 Å². The summed E-state index contributed by atoms with van der Waals surface area (Å²) in [6.07, 6.45) is 25.3. The highest BCUT2D eigenvalue weighted by atomic mass is 32.3. The van der Waals surface area contributed by atoms with E-state index in [0.29, 0.717) is 19.3 Å². The second-order valence-corrected chi connectivity index (χ2v) is 16.8. The van der Waals surface area contributed by atoms with Crippen molar-refractivity contribution in [2.45, 2.75) is 230 Å². The zero-order valence-electron chi connectivity index (χ0n) is 35.3. The minimum absolute atomic E-state index is 0.0507. The maximum absolute atomic E-state index is 13.0. The van der Waals surface area contributed by atoms with E-state index < -0.39 is 78.5 Å². The first-order valence-corrected chi connectivity index (χ1v) is 23.7. The Labute approximate surface area is 345 Å². The predicted molar refractivity (Wildman–Crippen MR) is 224 cm³/mol. The SMILES string of the molecule is CCCCCCCC/C=C\C/C=C\CC(O)C(=O)NC(COC1OC(CO)C(O)C(OS(=O)(=O)O)C1O)C(O)CCCCCCCCCCCCCCCCCC. The molecule has 8 atom stereocenters. The van der Waals surface area contributed by atoms with Crippen LogP contribution in [0.4, 0.5) is 0 Å². The van der Waals surface area contributed by atoms with Crippen LogP contribution in [-0.4, -0.2) is 107 Å². The highest BCUT2D eigenvalue weighted by Crippen LogP contribution is 2.26. The molecule has 57 heavy (non-hydrogen) atoms. The first kappa shape index (κ1) is 53.6. The molecule has 1 saturated heterocycles. The molecule has 8 unspecified atom stereocenters. The highest BCUT2D eigenvalue weighted by molar-refractivity contribution is 7.80. The van der Waals surface area contributed by atoms with Gasteiger partial charge < -0.3 is 40.3 Å². The van der Waals surface area contributed by atoms with Crippen LogP contribution in [0.5, 0.6) is 0 Å². The van der Waals surface area contributed by atoms with Crippen molar-refractivity contribution < 1.29 is 57.0 Å². The molecule has 1 rings (SSSR count). The Morgan fingerprint density at radius 2 is 1.21 bits per heavy atom. The minimum atomic E-state index is -5.11. The van der Waals surface area contributed by atoms with Crippen LogP contribution >= 0.6 is 0 Å². The second kappa shape index (κ2) is 34.3. The summed E-state index contributed by atoms with van der Waals surface area (Å²) < 4.78 is 47.5. The molecule has 1 fully saturated rings. The van der Waals surface area contributed by atoms with Crippen molar-refractivity contribution in [2.75, 3.05) is 13.2 Å². The summed E-state index contributed by atoms with van der Waals surface area (Å²) in [5.41, 5.74) is 0. The number of aliphatic hydroxyl groups excluding tert-OH is 5. The summed E-state index contributed by atoms with van der Waals surface area (Å²) in [6.45, 7) is 3.22. The molecule has 1 aliphatic heterocycles. The average Bonchev–Trinajstić information content (AvgIpc) is 3.18. The Morgan fingerprint density at radius 1 is 0.719 bits per heavy atom. The molecule has 1 heterocycles. The number of ether oxygens (including phenoxy) is 2. The number of amides is 1. The summed E-state index contributed by atoms with van der Waals surface area (Å²) in [5.74, 6) is -0.737. The smallest absolute Gasteiger partial charge is 0.394 e. The molecular weight excluding hydrogens is 755 g/mol. The van der Waals surface area contributed by atoms with E-state index in [4.69, 9.17) is 14.0 Å². The Bertz CT molecular complexity index is 1140. The maximum atomic E-state index is 13.0. The van der Waals surface area contributed by atoms with E-state index in [-0.39, 0.29) is 6.42 Å². The van der Waals surface area contributed by atoms with Crippen LogP contribution in [0, 0.1) is 0 Å². The molecule has 7 N–H and O–H groups in total. The van der Waals surface area contributed by atoms with Crippen LogP contribution in [0.15, 0.2) is 24.3 Å². The number of carbonyl (C=O) groups is 1. The van der Waals surface area contributed by atoms with Gasteiger partial charge in [0, 0.05) is 6.42 Å². The quantitative estimate of drug-likeness (QED) is 0.0189. The molecule has 0 aromatic rings. The van der Waals surface area contributed by atoms with Gasteiger partial charge in [-0.15, -0.1) is 0 Å². The molecule has 0 saturated carbocycles. The number of aliphatic hydroxyl groups is 5. The minimum Gasteiger partial charge on any atom is -0.394 e. The Morgan fingerprint density at radius 3 is 1.72 bits per heavy atom. The lowest BCUT2D eigenvalue weighted by Gasteiger charge is -2.41. The number of hydrogen-bond acceptors (Lipinski definition) is 11. The zero-order chi connectivity index (χ0) is 42.2. The molecule has 1 amide bonds. The summed E-state index contributed by atoms with van der Waals surface area (Å²) in [5, 5.41) is 55.1. The summed E-state index contributed by atoms with van der Waals surface area (Å²) >= 11 is 0. The molecular formula is C43H81NO12S. The van der Waals surface area contributed by atoms with Crippen LogP contribution in [0.1, 0.15) is 181 Å². The molecule has 1 aliphatic rings. The molecule has 0 spiro atoms. The van der Waals surface area contributed by atoms with Crippen molar-refractivity contribution in [1.82, 2.24) is 5.32 Å². The Kier molecular flexibility index (Phi) is 32.2. The van der Waals surface area contributed by atoms with Gasteiger partial charge in [-0.25, -0.2) is 4.18 Å². The Hall–Kier alpha value is -1.46. The van der Waals surface area contributed by atoms with Gasteiger partial charge in [-0.05, 0) is 25.7 Å². The summed E-state index contributed by atoms with van der Waals surface area (Å²) in [6, 6.07) is -1.06. The van der Waals surface area contributed by atoms with E-state index in [1.165, 1.54) is 109 Å². The van der Waals surface area contributed by atoms with E-state index >= 15 is 0 Å². The third kappa shape index (κ3) is 27.1. The second-order valence-electron chi connectivity index (χ2n) is 15.8. The summed E-state index contributed by atoms with van der Waals surface area (Å²) in [7, 11) is -5.11. The van der Waals surface area contributed by atoms with Gasteiger partial charge in [0.25, 0.3) is 0 Å². The number of carbonyl (C=O) groups excluding carboxylic acids is 1. The average molecular weight is 836 g/mol. The van der Waals surface area contributed by atoms with Crippen molar-refractivity contribution in [3.63, 3.8) is 0 Å². The van der Waals surface area contributed by atoms with Gasteiger partial charge in [0.2, 0.25) is 5.91 Å². The van der Waals surface area contributed by atoms with Crippen molar-refractivity contribution in [1.29, 1.82) is 0 Å². The van der Waals surface area contributed by atoms with E-state index in [1.54, 1.807) is 6.08 Å². The van der Waals surface area contributed by atoms with E-state index in [0.717, 1.165) is 32.1 Å². The fourth-order valence-electron chi connectivity index (χ4n) is 7.04. The van der Waals surface area contributed by atoms with Gasteiger partial charge in [-0.3, -0.25) is 9.35 Å². The number of hydrogen-bond donors (Lipinski definition) is 7. The molecule has 0 aromatic heterocycles. The number of unbranched alkanes of at least 4 members (excludes halogenated alkanes) is 21. The highest BCUT2D eigenvalue weighted by Gasteiger charge is 2.48. The van der Waals surface area contributed by atoms with Gasteiger partial charge in [0.15, 0.2) is 6.29 Å². The van der Waals surface area contributed by atoms with Crippen LogP contribution in [-0.2, 0) is 28.9 Å². The van der Waals surface area contributed by atoms with Gasteiger partial charge >= 0.3 is 10.4 Å². The van der Waals surface area contributed by atoms with Crippen LogP contribution in [0.3, 0.4) is 0 Å². The first-order chi connectivity index (χ1) is 27.4. The fourth-order valence-corrected chi connectivity index (χ4v) is 7.55. The van der Waals surface area contributed by atoms with Crippen molar-refractivity contribution in [3.8, 4) is 0 Å². The third-order valence-corrected chi connectivity index (χ3v) is 11.1. The lowest BCUT2D eigenvalue weighted by atomic mass is 9.99. The number of nitrogens with one attached hydrogen (secondary N) is 1. The van der Waals surface area contributed by atoms with E-state index in [9.17, 15) is 38.7 Å². The molecule has 14 heteroatoms. The normalized spacial score (nSPS) is 22.0. The lowest BCUT2D eigenvalue weighted by Crippen LogP contribution is -2.61. The monoisotopic (exact) mass is 836 g/mol. The van der Waals surface area contributed by atoms with Gasteiger partial charge in [0.05, 0.1) is 25.4 Å². The van der Waals surface area contributed by atoms with E-state index in [2.05, 4.69) is 35.5 Å². The standard InChI is InChI=1S/C43H81NO12S/c1-3-5-7-9-11-13-15-17-18-19-20-22-23-25-27-29-31-36(46)35(34-54-43-40(49)41(56-57(51,52)53)39(48)38(33-45)55-43)44-42(50)37(47)32-30-28-26-24-21-16-14-12-10-8-6-4-2/h21,24,28,30,35-41,43,45-49H,3-20,22-23,25-27,29,31-34H2,1-2H3,(H,44,50)(H,51,52,53)/b24-21-,30-28-. The predicted octanol–water partition coefficient (Wildman–Crippen LogP) is 7.13. The lowest BCUT2D eigenvalue weighted by molar-refractivity contribution is -0.298. The van der Waals surface area contributed by atoms with Gasteiger partial charge in [-0.1, -0.05) is 173 Å². The molecule has 336 valence electrons. The molecule has 0 aliphatic carbocycles. The third-order valence-electron chi connectivity index (χ3n) is 10.6. The zero-order valence-corrected chi connectivity index (χ0v) is 36.1. The number of allylic oxidation sites excluding steroid dienone is 3. The summed E-state index contributed by atoms with van der Waals surface area (Å²) in [4.78, 5) is 13.0. The van der Waals surface area contributed by atoms with Crippen molar-refractivity contribution in [3.05, 3.63) is 24.3 Å². The van der Waals surface area contributed by atoms with Crippen molar-refractivity contribution >= 4 is 16.3 Å². The van der Waals surface area contributed by atoms with Gasteiger partial charge in [0.1, 0.15) is 30.5 Å². The fraction of sp³-hybridized carbons (Fsp3) is 0.884. The van der Waals surface area contributed by atoms with Crippen molar-refractivity contribution in [2.24, 2.45) is 0 Å².